The van der Waals surface area contributed by atoms with Crippen LogP contribution >= 0.6 is 11.6 Å². The van der Waals surface area contributed by atoms with Crippen LogP contribution in [0.1, 0.15) is 36.9 Å². The topological polar surface area (TPSA) is 94.5 Å². The van der Waals surface area contributed by atoms with Crippen molar-refractivity contribution < 1.29 is 33.6 Å². The van der Waals surface area contributed by atoms with Gasteiger partial charge in [0.2, 0.25) is 0 Å². The maximum atomic E-state index is 13.3. The van der Waals surface area contributed by atoms with E-state index in [9.17, 15) is 14.7 Å². The molecule has 9 heteroatoms. The van der Waals surface area contributed by atoms with Crippen molar-refractivity contribution in [2.45, 2.75) is 25.8 Å². The monoisotopic (exact) mass is 489 g/mol. The number of carbonyl (C=O) groups excluding carboxylic acids is 2. The number of benzene rings is 2. The van der Waals surface area contributed by atoms with Crippen LogP contribution in [0.3, 0.4) is 0 Å². The number of unbranched alkanes of at least 4 members (excludes halogenated alkanes) is 1. The minimum atomic E-state index is -0.900. The Balaban J connectivity index is 2.33. The molecule has 1 aliphatic heterocycles. The Morgan fingerprint density at radius 1 is 1.00 bits per heavy atom. The summed E-state index contributed by atoms with van der Waals surface area (Å²) in [5.41, 5.74) is 0.595. The average Bonchev–Trinajstić information content (AvgIpc) is 3.10. The van der Waals surface area contributed by atoms with E-state index >= 15 is 0 Å². The Kier molecular flexibility index (Phi) is 7.94. The number of halogens is 1. The van der Waals surface area contributed by atoms with Crippen molar-refractivity contribution in [1.29, 1.82) is 0 Å². The fourth-order valence-corrected chi connectivity index (χ4v) is 4.31. The number of hydrogen-bond donors (Lipinski definition) is 1. The zero-order valence-electron chi connectivity index (χ0n) is 19.8. The highest BCUT2D eigenvalue weighted by atomic mass is 35.5. The first kappa shape index (κ1) is 25.2. The lowest BCUT2D eigenvalue weighted by molar-refractivity contribution is -0.139. The number of likely N-dealkylation sites (tertiary alicyclic amines) is 1. The molecule has 1 fully saturated rings. The van der Waals surface area contributed by atoms with E-state index in [1.54, 1.807) is 18.2 Å². The van der Waals surface area contributed by atoms with E-state index in [0.29, 0.717) is 30.0 Å². The van der Waals surface area contributed by atoms with Crippen molar-refractivity contribution in [3.63, 3.8) is 0 Å². The predicted octanol–water partition coefficient (Wildman–Crippen LogP) is 4.60. The van der Waals surface area contributed by atoms with E-state index in [0.717, 1.165) is 6.42 Å². The summed E-state index contributed by atoms with van der Waals surface area (Å²) in [4.78, 5) is 27.8. The lowest BCUT2D eigenvalue weighted by Crippen LogP contribution is -2.30. The van der Waals surface area contributed by atoms with Gasteiger partial charge in [-0.3, -0.25) is 9.59 Å². The molecule has 0 aliphatic carbocycles. The van der Waals surface area contributed by atoms with E-state index < -0.39 is 23.5 Å². The van der Waals surface area contributed by atoms with Crippen molar-refractivity contribution in [2.24, 2.45) is 0 Å². The van der Waals surface area contributed by atoms with Crippen LogP contribution in [0.15, 0.2) is 35.9 Å². The van der Waals surface area contributed by atoms with Gasteiger partial charge >= 0.3 is 0 Å². The molecule has 1 amide bonds. The summed E-state index contributed by atoms with van der Waals surface area (Å²) >= 11 is 6.21. The van der Waals surface area contributed by atoms with Crippen LogP contribution in [-0.2, 0) is 9.59 Å². The predicted molar refractivity (Wildman–Crippen MR) is 128 cm³/mol. The molecule has 0 bridgehead atoms. The van der Waals surface area contributed by atoms with E-state index in [-0.39, 0.29) is 27.7 Å². The summed E-state index contributed by atoms with van der Waals surface area (Å²) in [7, 11) is 5.83. The average molecular weight is 490 g/mol. The Hall–Kier alpha value is -3.39. The van der Waals surface area contributed by atoms with E-state index in [2.05, 4.69) is 0 Å². The molecule has 0 aromatic heterocycles. The fraction of sp³-hybridized carbons (Fsp3) is 0.360. The third-order valence-corrected chi connectivity index (χ3v) is 6.04. The van der Waals surface area contributed by atoms with Crippen LogP contribution in [0.2, 0.25) is 5.02 Å². The second kappa shape index (κ2) is 10.7. The van der Waals surface area contributed by atoms with Crippen LogP contribution in [-0.4, -0.2) is 56.7 Å². The standard InChI is InChI=1S/C25H28ClNO7/c1-6-7-11-27-21(14-9-8-10-17(31-2)24(14)34-5)20(23(29)25(27)30)22(28)15-12-19(33-4)16(26)13-18(15)32-3/h8-10,12-13,21,28H,6-7,11H2,1-5H3/b22-20+. The maximum absolute atomic E-state index is 13.3. The molecule has 1 unspecified atom stereocenters. The molecular weight excluding hydrogens is 462 g/mol. The Bertz CT molecular complexity index is 1130. The first-order valence-electron chi connectivity index (χ1n) is 10.8. The van der Waals surface area contributed by atoms with Gasteiger partial charge in [-0.25, -0.2) is 0 Å². The highest BCUT2D eigenvalue weighted by Gasteiger charge is 2.47. The minimum Gasteiger partial charge on any atom is -0.507 e. The van der Waals surface area contributed by atoms with Gasteiger partial charge in [0.25, 0.3) is 11.7 Å². The molecule has 1 heterocycles. The summed E-state index contributed by atoms with van der Waals surface area (Å²) in [6.45, 7) is 2.31. The fourth-order valence-electron chi connectivity index (χ4n) is 4.08. The Labute approximate surface area is 203 Å². The normalized spacial score (nSPS) is 17.1. The number of methoxy groups -OCH3 is 4. The van der Waals surface area contributed by atoms with E-state index in [1.807, 2.05) is 6.92 Å². The van der Waals surface area contributed by atoms with E-state index in [4.69, 9.17) is 30.5 Å². The molecule has 182 valence electrons. The molecule has 0 saturated carbocycles. The SMILES string of the molecule is CCCCN1C(=O)C(=O)/C(=C(/O)c2cc(OC)c(Cl)cc2OC)C1c1cccc(OC)c1OC. The molecule has 0 spiro atoms. The van der Waals surface area contributed by atoms with Gasteiger partial charge in [0, 0.05) is 18.2 Å². The van der Waals surface area contributed by atoms with Crippen LogP contribution in [0.5, 0.6) is 23.0 Å². The number of Topliss-reactive ketones (excluding diaryl/α,β-unsaturated/α-hetero) is 1. The summed E-state index contributed by atoms with van der Waals surface area (Å²) < 4.78 is 21.7. The molecule has 1 N–H and O–H groups in total. The third-order valence-electron chi connectivity index (χ3n) is 5.75. The van der Waals surface area contributed by atoms with Crippen molar-refractivity contribution in [1.82, 2.24) is 4.90 Å². The highest BCUT2D eigenvalue weighted by Crippen LogP contribution is 2.47. The van der Waals surface area contributed by atoms with Gasteiger partial charge in [0.15, 0.2) is 11.5 Å². The van der Waals surface area contributed by atoms with Crippen LogP contribution in [0.4, 0.5) is 0 Å². The quantitative estimate of drug-likeness (QED) is 0.312. The second-order valence-electron chi connectivity index (χ2n) is 7.62. The zero-order valence-corrected chi connectivity index (χ0v) is 20.6. The number of amides is 1. The number of para-hydroxylation sites is 1. The lowest BCUT2D eigenvalue weighted by Gasteiger charge is -2.27. The molecule has 3 rings (SSSR count). The first-order valence-corrected chi connectivity index (χ1v) is 11.1. The van der Waals surface area contributed by atoms with E-state index in [1.165, 1.54) is 45.5 Å². The van der Waals surface area contributed by atoms with Gasteiger partial charge in [0.1, 0.15) is 17.3 Å². The number of aliphatic hydroxyl groups is 1. The van der Waals surface area contributed by atoms with Crippen LogP contribution in [0.25, 0.3) is 5.76 Å². The molecule has 34 heavy (non-hydrogen) atoms. The van der Waals surface area contributed by atoms with Gasteiger partial charge in [-0.2, -0.15) is 0 Å². The smallest absolute Gasteiger partial charge is 0.295 e. The van der Waals surface area contributed by atoms with Crippen LogP contribution < -0.4 is 18.9 Å². The molecular formula is C25H28ClNO7. The number of nitrogens with zero attached hydrogens (tertiary/aromatic N) is 1. The zero-order chi connectivity index (χ0) is 25.0. The molecule has 0 radical (unpaired) electrons. The molecule has 1 saturated heterocycles. The first-order chi connectivity index (χ1) is 16.3. The summed E-state index contributed by atoms with van der Waals surface area (Å²) in [5.74, 6) is -0.612. The molecule has 1 atom stereocenters. The third kappa shape index (κ3) is 4.37. The van der Waals surface area contributed by atoms with Crippen molar-refractivity contribution in [2.75, 3.05) is 35.0 Å². The number of ketones is 1. The molecule has 8 nitrogen and oxygen atoms in total. The van der Waals surface area contributed by atoms with Gasteiger partial charge in [0.05, 0.1) is 50.6 Å². The van der Waals surface area contributed by atoms with Gasteiger partial charge in [-0.15, -0.1) is 0 Å². The minimum absolute atomic E-state index is 0.0877. The Morgan fingerprint density at radius 2 is 1.68 bits per heavy atom. The van der Waals surface area contributed by atoms with Gasteiger partial charge in [-0.05, 0) is 18.6 Å². The highest BCUT2D eigenvalue weighted by molar-refractivity contribution is 6.46. The number of rotatable bonds is 9. The Morgan fingerprint density at radius 3 is 2.26 bits per heavy atom. The number of hydrogen-bond acceptors (Lipinski definition) is 7. The summed E-state index contributed by atoms with van der Waals surface area (Å²) in [6, 6.07) is 7.24. The molecule has 1 aliphatic rings. The summed E-state index contributed by atoms with van der Waals surface area (Å²) in [6.07, 6.45) is 1.49. The van der Waals surface area contributed by atoms with Crippen molar-refractivity contribution in [3.8, 4) is 23.0 Å². The second-order valence-corrected chi connectivity index (χ2v) is 8.02. The van der Waals surface area contributed by atoms with Crippen LogP contribution in [0, 0.1) is 0 Å². The van der Waals surface area contributed by atoms with Gasteiger partial charge in [-0.1, -0.05) is 37.1 Å². The molecule has 2 aromatic carbocycles. The number of aliphatic hydroxyl groups excluding tert-OH is 1. The number of ether oxygens (including phenoxy) is 4. The lowest BCUT2D eigenvalue weighted by atomic mass is 9.94. The van der Waals surface area contributed by atoms with Crippen molar-refractivity contribution in [3.05, 3.63) is 52.1 Å². The van der Waals surface area contributed by atoms with Gasteiger partial charge < -0.3 is 29.0 Å². The van der Waals surface area contributed by atoms with Crippen molar-refractivity contribution >= 4 is 29.1 Å². The number of carbonyl (C=O) groups is 2. The summed E-state index contributed by atoms with van der Waals surface area (Å²) in [5, 5.41) is 11.7. The maximum Gasteiger partial charge on any atom is 0.295 e. The largest absolute Gasteiger partial charge is 0.507 e. The molecule has 2 aromatic rings.